The van der Waals surface area contributed by atoms with Gasteiger partial charge in [-0.2, -0.15) is 0 Å². The van der Waals surface area contributed by atoms with E-state index in [1.807, 2.05) is 0 Å². The van der Waals surface area contributed by atoms with E-state index in [9.17, 15) is 9.59 Å². The summed E-state index contributed by atoms with van der Waals surface area (Å²) in [5.74, 6) is -1.11. The number of hydrogen-bond donors (Lipinski definition) is 4. The largest absolute Gasteiger partial charge is 0.409 e. The fourth-order valence-corrected chi connectivity index (χ4v) is 0.879. The Bertz CT molecular complexity index is 251. The Hall–Kier alpha value is -1.79. The van der Waals surface area contributed by atoms with Crippen LogP contribution in [0.15, 0.2) is 5.16 Å². The molecule has 0 spiro atoms. The van der Waals surface area contributed by atoms with E-state index in [1.165, 1.54) is 0 Å². The summed E-state index contributed by atoms with van der Waals surface area (Å²) in [6.07, 6.45) is -0.151. The van der Waals surface area contributed by atoms with Crippen molar-refractivity contribution in [1.82, 2.24) is 5.32 Å². The molecular formula is C7H14N4O3. The third kappa shape index (κ3) is 5.81. The quantitative estimate of drug-likeness (QED) is 0.187. The summed E-state index contributed by atoms with van der Waals surface area (Å²) < 4.78 is 0. The monoisotopic (exact) mass is 202 g/mol. The third-order valence-corrected chi connectivity index (χ3v) is 1.38. The second-order valence-corrected chi connectivity index (χ2v) is 2.91. The van der Waals surface area contributed by atoms with Crippen LogP contribution in [-0.4, -0.2) is 28.9 Å². The van der Waals surface area contributed by atoms with Crippen LogP contribution in [0, 0.1) is 0 Å². The van der Waals surface area contributed by atoms with Crippen molar-refractivity contribution in [3.05, 3.63) is 0 Å². The lowest BCUT2D eigenvalue weighted by molar-refractivity contribution is -0.121. The standard InChI is InChI=1S/C7H14N4O3/c1-4(2-6(9)12)10-7(13)3-5(8)11-14/h4,14H,2-3H2,1H3,(H2,8,11)(H2,9,12)(H,10,13). The molecule has 0 aliphatic heterocycles. The molecule has 7 nitrogen and oxygen atoms in total. The molecule has 0 aromatic carbocycles. The highest BCUT2D eigenvalue weighted by Crippen LogP contribution is 1.90. The van der Waals surface area contributed by atoms with Crippen molar-refractivity contribution >= 4 is 17.6 Å². The number of amidine groups is 1. The van der Waals surface area contributed by atoms with E-state index in [1.54, 1.807) is 6.92 Å². The smallest absolute Gasteiger partial charge is 0.227 e. The summed E-state index contributed by atoms with van der Waals surface area (Å²) in [6, 6.07) is -0.355. The fourth-order valence-electron chi connectivity index (χ4n) is 0.879. The van der Waals surface area contributed by atoms with Gasteiger partial charge in [0.1, 0.15) is 5.84 Å². The molecular weight excluding hydrogens is 188 g/mol. The van der Waals surface area contributed by atoms with Crippen LogP contribution in [0.5, 0.6) is 0 Å². The van der Waals surface area contributed by atoms with Crippen molar-refractivity contribution in [3.8, 4) is 0 Å². The topological polar surface area (TPSA) is 131 Å². The van der Waals surface area contributed by atoms with Gasteiger partial charge in [-0.3, -0.25) is 9.59 Å². The Morgan fingerprint density at radius 3 is 2.50 bits per heavy atom. The van der Waals surface area contributed by atoms with Gasteiger partial charge in [-0.05, 0) is 6.92 Å². The lowest BCUT2D eigenvalue weighted by Crippen LogP contribution is -2.37. The Labute approximate surface area is 81.1 Å². The van der Waals surface area contributed by atoms with E-state index in [-0.39, 0.29) is 24.7 Å². The average Bonchev–Trinajstić information content (AvgIpc) is 2.01. The van der Waals surface area contributed by atoms with E-state index >= 15 is 0 Å². The first-order valence-electron chi connectivity index (χ1n) is 3.99. The van der Waals surface area contributed by atoms with Gasteiger partial charge in [0.2, 0.25) is 11.8 Å². The maximum Gasteiger partial charge on any atom is 0.227 e. The molecule has 0 aliphatic carbocycles. The predicted octanol–water partition coefficient (Wildman–Crippen LogP) is -1.50. The molecule has 0 saturated heterocycles. The minimum Gasteiger partial charge on any atom is -0.409 e. The number of carbonyl (C=O) groups excluding carboxylic acids is 2. The molecule has 1 atom stereocenters. The van der Waals surface area contributed by atoms with Gasteiger partial charge >= 0.3 is 0 Å². The number of nitrogens with two attached hydrogens (primary N) is 2. The van der Waals surface area contributed by atoms with Gasteiger partial charge in [-0.15, -0.1) is 0 Å². The summed E-state index contributed by atoms with van der Waals surface area (Å²) in [5, 5.41) is 13.3. The van der Waals surface area contributed by atoms with E-state index < -0.39 is 11.8 Å². The average molecular weight is 202 g/mol. The summed E-state index contributed by atoms with van der Waals surface area (Å²) in [4.78, 5) is 21.5. The van der Waals surface area contributed by atoms with Gasteiger partial charge in [0.05, 0.1) is 6.42 Å². The summed E-state index contributed by atoms with van der Waals surface area (Å²) in [5.41, 5.74) is 10.0. The molecule has 0 fully saturated rings. The molecule has 14 heavy (non-hydrogen) atoms. The van der Waals surface area contributed by atoms with Crippen LogP contribution >= 0.6 is 0 Å². The molecule has 0 radical (unpaired) electrons. The van der Waals surface area contributed by atoms with E-state index in [0.29, 0.717) is 0 Å². The SMILES string of the molecule is CC(CC(N)=O)NC(=O)CC(N)=NO. The van der Waals surface area contributed by atoms with Crippen LogP contribution < -0.4 is 16.8 Å². The van der Waals surface area contributed by atoms with Gasteiger partial charge in [0, 0.05) is 12.5 Å². The Kier molecular flexibility index (Phi) is 5.05. The molecule has 80 valence electrons. The molecule has 0 aromatic heterocycles. The van der Waals surface area contributed by atoms with Crippen LogP contribution in [0.3, 0.4) is 0 Å². The van der Waals surface area contributed by atoms with Crippen LogP contribution in [0.2, 0.25) is 0 Å². The highest BCUT2D eigenvalue weighted by molar-refractivity contribution is 5.98. The number of carbonyl (C=O) groups is 2. The Balaban J connectivity index is 3.88. The molecule has 0 aromatic rings. The second-order valence-electron chi connectivity index (χ2n) is 2.91. The van der Waals surface area contributed by atoms with E-state index in [2.05, 4.69) is 10.5 Å². The van der Waals surface area contributed by atoms with E-state index in [0.717, 1.165) is 0 Å². The van der Waals surface area contributed by atoms with Crippen LogP contribution in [0.25, 0.3) is 0 Å². The van der Waals surface area contributed by atoms with Crippen molar-refractivity contribution in [2.75, 3.05) is 0 Å². The Morgan fingerprint density at radius 2 is 2.07 bits per heavy atom. The summed E-state index contributed by atoms with van der Waals surface area (Å²) in [7, 11) is 0. The molecule has 0 saturated carbocycles. The molecule has 0 aliphatic rings. The third-order valence-electron chi connectivity index (χ3n) is 1.38. The first kappa shape index (κ1) is 12.2. The van der Waals surface area contributed by atoms with Crippen molar-refractivity contribution in [2.24, 2.45) is 16.6 Å². The van der Waals surface area contributed by atoms with Gasteiger partial charge < -0.3 is 22.0 Å². The van der Waals surface area contributed by atoms with Crippen molar-refractivity contribution < 1.29 is 14.8 Å². The van der Waals surface area contributed by atoms with Crippen molar-refractivity contribution in [2.45, 2.75) is 25.8 Å². The van der Waals surface area contributed by atoms with Gasteiger partial charge in [0.25, 0.3) is 0 Å². The van der Waals surface area contributed by atoms with Crippen molar-refractivity contribution in [1.29, 1.82) is 0 Å². The predicted molar refractivity (Wildman–Crippen MR) is 49.4 cm³/mol. The fraction of sp³-hybridized carbons (Fsp3) is 0.571. The van der Waals surface area contributed by atoms with Gasteiger partial charge in [-0.25, -0.2) is 0 Å². The molecule has 0 bridgehead atoms. The number of amides is 2. The van der Waals surface area contributed by atoms with Crippen LogP contribution in [-0.2, 0) is 9.59 Å². The zero-order valence-electron chi connectivity index (χ0n) is 7.86. The van der Waals surface area contributed by atoms with Gasteiger partial charge in [0.15, 0.2) is 0 Å². The van der Waals surface area contributed by atoms with Crippen LogP contribution in [0.1, 0.15) is 19.8 Å². The zero-order valence-corrected chi connectivity index (χ0v) is 7.86. The second kappa shape index (κ2) is 5.79. The number of nitrogens with zero attached hydrogens (tertiary/aromatic N) is 1. The number of oxime groups is 1. The number of rotatable bonds is 5. The maximum absolute atomic E-state index is 11.1. The molecule has 2 amide bonds. The number of nitrogens with one attached hydrogen (secondary N) is 1. The highest BCUT2D eigenvalue weighted by atomic mass is 16.4. The first-order chi connectivity index (χ1) is 6.45. The molecule has 6 N–H and O–H groups in total. The number of hydrogen-bond acceptors (Lipinski definition) is 4. The molecule has 7 heteroatoms. The summed E-state index contributed by atoms with van der Waals surface area (Å²) >= 11 is 0. The van der Waals surface area contributed by atoms with Gasteiger partial charge in [-0.1, -0.05) is 5.16 Å². The lowest BCUT2D eigenvalue weighted by Gasteiger charge is -2.11. The molecule has 0 rings (SSSR count). The molecule has 1 unspecified atom stereocenters. The normalized spacial score (nSPS) is 13.4. The Morgan fingerprint density at radius 1 is 1.50 bits per heavy atom. The summed E-state index contributed by atoms with van der Waals surface area (Å²) in [6.45, 7) is 1.63. The first-order valence-corrected chi connectivity index (χ1v) is 3.99. The molecule has 0 heterocycles. The zero-order chi connectivity index (χ0) is 11.1. The van der Waals surface area contributed by atoms with Crippen molar-refractivity contribution in [3.63, 3.8) is 0 Å². The minimum absolute atomic E-state index is 0.0575. The highest BCUT2D eigenvalue weighted by Gasteiger charge is 2.10. The lowest BCUT2D eigenvalue weighted by atomic mass is 10.2. The number of primary amides is 1. The minimum atomic E-state index is -0.499. The van der Waals surface area contributed by atoms with E-state index in [4.69, 9.17) is 16.7 Å². The maximum atomic E-state index is 11.1. The van der Waals surface area contributed by atoms with Crippen LogP contribution in [0.4, 0.5) is 0 Å².